The number of ether oxygens (including phenoxy) is 1. The first kappa shape index (κ1) is 18.8. The molecule has 146 valence electrons. The number of carbonyl (C=O) groups excluding carboxylic acids is 1. The van der Waals surface area contributed by atoms with E-state index in [2.05, 4.69) is 27.1 Å². The number of likely N-dealkylation sites (tertiary alicyclic amines) is 1. The minimum Gasteiger partial charge on any atom is -0.473 e. The van der Waals surface area contributed by atoms with Crippen LogP contribution in [0.15, 0.2) is 36.7 Å². The lowest BCUT2D eigenvalue weighted by atomic mass is 10.2. The topological polar surface area (TPSA) is 67.4 Å². The van der Waals surface area contributed by atoms with Crippen molar-refractivity contribution in [3.8, 4) is 5.88 Å². The highest BCUT2D eigenvalue weighted by atomic mass is 32.1. The Morgan fingerprint density at radius 2 is 2.29 bits per heavy atom. The number of rotatable bonds is 5. The second kappa shape index (κ2) is 7.81. The molecule has 3 aromatic heterocycles. The lowest BCUT2D eigenvalue weighted by Crippen LogP contribution is -2.28. The van der Waals surface area contributed by atoms with Gasteiger partial charge in [0.05, 0.1) is 15.4 Å². The number of anilines is 1. The van der Waals surface area contributed by atoms with E-state index in [-0.39, 0.29) is 23.9 Å². The Labute approximate surface area is 166 Å². The summed E-state index contributed by atoms with van der Waals surface area (Å²) >= 11 is 1.28. The van der Waals surface area contributed by atoms with Crippen LogP contribution in [0.25, 0.3) is 10.9 Å². The van der Waals surface area contributed by atoms with E-state index < -0.39 is 0 Å². The largest absolute Gasteiger partial charge is 0.473 e. The molecule has 1 amide bonds. The molecule has 6 nitrogen and oxygen atoms in total. The van der Waals surface area contributed by atoms with Gasteiger partial charge in [0.1, 0.15) is 11.9 Å². The van der Waals surface area contributed by atoms with Crippen LogP contribution in [-0.4, -0.2) is 39.5 Å². The van der Waals surface area contributed by atoms with Crippen LogP contribution in [-0.2, 0) is 11.3 Å². The third kappa shape index (κ3) is 4.13. The minimum atomic E-state index is -0.282. The molecule has 4 rings (SSSR count). The summed E-state index contributed by atoms with van der Waals surface area (Å²) in [5.74, 6) is 0.109. The highest BCUT2D eigenvalue weighted by molar-refractivity contribution is 7.16. The van der Waals surface area contributed by atoms with Gasteiger partial charge in [0.2, 0.25) is 11.8 Å². The van der Waals surface area contributed by atoms with Crippen molar-refractivity contribution in [1.82, 2.24) is 14.9 Å². The maximum atomic E-state index is 14.2. The average Bonchev–Trinajstić information content (AvgIpc) is 3.16. The van der Waals surface area contributed by atoms with Gasteiger partial charge in [0.25, 0.3) is 0 Å². The van der Waals surface area contributed by atoms with Gasteiger partial charge in [-0.15, -0.1) is 11.3 Å². The Morgan fingerprint density at radius 1 is 1.43 bits per heavy atom. The van der Waals surface area contributed by atoms with E-state index in [9.17, 15) is 9.18 Å². The maximum Gasteiger partial charge on any atom is 0.221 e. The van der Waals surface area contributed by atoms with Crippen LogP contribution < -0.4 is 10.1 Å². The van der Waals surface area contributed by atoms with Crippen LogP contribution in [0.1, 0.15) is 25.1 Å². The number of hydrogen-bond acceptors (Lipinski definition) is 6. The Morgan fingerprint density at radius 3 is 3.11 bits per heavy atom. The molecule has 0 aromatic carbocycles. The molecular formula is C20H21FN4O2S. The molecule has 1 fully saturated rings. The second-order valence-corrected chi connectivity index (χ2v) is 8.17. The van der Waals surface area contributed by atoms with E-state index in [1.165, 1.54) is 24.3 Å². The Bertz CT molecular complexity index is 1010. The van der Waals surface area contributed by atoms with Gasteiger partial charge in [-0.2, -0.15) is 0 Å². The number of hydrogen-bond donors (Lipinski definition) is 1. The molecule has 28 heavy (non-hydrogen) atoms. The summed E-state index contributed by atoms with van der Waals surface area (Å²) < 4.78 is 20.3. The number of amides is 1. The highest BCUT2D eigenvalue weighted by Gasteiger charge is 2.31. The van der Waals surface area contributed by atoms with E-state index in [1.807, 2.05) is 18.2 Å². The lowest BCUT2D eigenvalue weighted by Gasteiger charge is -2.19. The fraction of sp³-hybridized carbons (Fsp3) is 0.350. The van der Waals surface area contributed by atoms with Gasteiger partial charge >= 0.3 is 0 Å². The highest BCUT2D eigenvalue weighted by Crippen LogP contribution is 2.30. The summed E-state index contributed by atoms with van der Waals surface area (Å²) in [6.07, 6.45) is 4.33. The van der Waals surface area contributed by atoms with Gasteiger partial charge in [-0.25, -0.2) is 9.37 Å². The Balaban J connectivity index is 1.41. The van der Waals surface area contributed by atoms with E-state index in [0.717, 1.165) is 17.3 Å². The van der Waals surface area contributed by atoms with Crippen LogP contribution in [0.3, 0.4) is 0 Å². The average molecular weight is 400 g/mol. The van der Waals surface area contributed by atoms with Crippen LogP contribution in [0.2, 0.25) is 0 Å². The zero-order valence-electron chi connectivity index (χ0n) is 15.7. The number of nitrogens with one attached hydrogen (secondary N) is 1. The first-order valence-corrected chi connectivity index (χ1v) is 9.97. The predicted octanol–water partition coefficient (Wildman–Crippen LogP) is 3.83. The number of aromatic nitrogens is 2. The number of thiophene rings is 1. The predicted molar refractivity (Wildman–Crippen MR) is 107 cm³/mol. The quantitative estimate of drug-likeness (QED) is 0.705. The smallest absolute Gasteiger partial charge is 0.221 e. The Kier molecular flexibility index (Phi) is 5.23. The number of pyridine rings is 2. The van der Waals surface area contributed by atoms with Crippen LogP contribution in [0.5, 0.6) is 5.88 Å². The molecular weight excluding hydrogens is 379 g/mol. The molecule has 0 aliphatic carbocycles. The van der Waals surface area contributed by atoms with Gasteiger partial charge in [-0.1, -0.05) is 0 Å². The molecule has 3 aromatic rings. The molecule has 1 aliphatic rings. The van der Waals surface area contributed by atoms with E-state index in [0.29, 0.717) is 28.8 Å². The van der Waals surface area contributed by atoms with E-state index >= 15 is 0 Å². The summed E-state index contributed by atoms with van der Waals surface area (Å²) in [5.41, 5.74) is 0.849. The molecule has 0 radical (unpaired) electrons. The zero-order valence-corrected chi connectivity index (χ0v) is 16.5. The van der Waals surface area contributed by atoms with Crippen LogP contribution in [0, 0.1) is 5.82 Å². The van der Waals surface area contributed by atoms with E-state index in [1.54, 1.807) is 12.4 Å². The molecule has 2 atom stereocenters. The van der Waals surface area contributed by atoms with Crippen molar-refractivity contribution < 1.29 is 13.9 Å². The van der Waals surface area contributed by atoms with Crippen molar-refractivity contribution in [3.05, 3.63) is 47.4 Å². The maximum absolute atomic E-state index is 14.2. The fourth-order valence-electron chi connectivity index (χ4n) is 3.47. The van der Waals surface area contributed by atoms with Crippen LogP contribution >= 0.6 is 11.3 Å². The molecule has 1 saturated heterocycles. The van der Waals surface area contributed by atoms with E-state index in [4.69, 9.17) is 4.74 Å². The monoisotopic (exact) mass is 400 g/mol. The molecule has 1 N–H and O–H groups in total. The van der Waals surface area contributed by atoms with Crippen molar-refractivity contribution in [2.24, 2.45) is 0 Å². The SMILES string of the molecule is CC(=O)Nc1cc(F)c(CN2C[C@H](Oc3ccc4cnccc4n3)C[C@@H]2C)s1. The third-order valence-electron chi connectivity index (χ3n) is 4.82. The molecule has 1 aliphatic heterocycles. The number of nitrogens with zero attached hydrogens (tertiary/aromatic N) is 3. The summed E-state index contributed by atoms with van der Waals surface area (Å²) in [4.78, 5) is 22.6. The molecule has 8 heteroatoms. The zero-order chi connectivity index (χ0) is 19.7. The molecule has 0 spiro atoms. The van der Waals surface area contributed by atoms with Crippen LogP contribution in [0.4, 0.5) is 9.39 Å². The summed E-state index contributed by atoms with van der Waals surface area (Å²) in [6, 6.07) is 7.31. The molecule has 0 saturated carbocycles. The van der Waals surface area contributed by atoms with Gasteiger partial charge in [-0.3, -0.25) is 14.7 Å². The minimum absolute atomic E-state index is 0.000347. The van der Waals surface area contributed by atoms with Gasteiger partial charge in [-0.05, 0) is 19.1 Å². The summed E-state index contributed by atoms with van der Waals surface area (Å²) in [5, 5.41) is 4.15. The van der Waals surface area contributed by atoms with Gasteiger partial charge < -0.3 is 10.1 Å². The summed E-state index contributed by atoms with van der Waals surface area (Å²) in [6.45, 7) is 4.72. The molecule has 0 bridgehead atoms. The molecule has 4 heterocycles. The normalized spacial score (nSPS) is 19.8. The second-order valence-electron chi connectivity index (χ2n) is 7.03. The van der Waals surface area contributed by atoms with Crippen molar-refractivity contribution in [2.75, 3.05) is 11.9 Å². The van der Waals surface area contributed by atoms with Crippen molar-refractivity contribution in [3.63, 3.8) is 0 Å². The first-order chi connectivity index (χ1) is 13.5. The third-order valence-corrected chi connectivity index (χ3v) is 5.83. The van der Waals surface area contributed by atoms with Gasteiger partial charge in [0, 0.05) is 62.4 Å². The lowest BCUT2D eigenvalue weighted by molar-refractivity contribution is -0.114. The number of fused-ring (bicyclic) bond motifs is 1. The Hall–Kier alpha value is -2.58. The van der Waals surface area contributed by atoms with Crippen molar-refractivity contribution in [2.45, 2.75) is 39.0 Å². The standard InChI is InChI=1S/C20H21FN4O2S/c1-12-7-15(27-19-4-3-14-9-22-6-5-17(14)24-19)10-25(12)11-18-16(21)8-20(28-18)23-13(2)26/h3-6,8-9,12,15H,7,10-11H2,1-2H3,(H,23,26)/t12-,15+/m0/s1. The van der Waals surface area contributed by atoms with Gasteiger partial charge in [0.15, 0.2) is 0 Å². The van der Waals surface area contributed by atoms with Crippen molar-refractivity contribution in [1.29, 1.82) is 0 Å². The number of halogens is 1. The molecule has 0 unspecified atom stereocenters. The van der Waals surface area contributed by atoms with Crippen molar-refractivity contribution >= 4 is 33.1 Å². The number of carbonyl (C=O) groups is 1. The first-order valence-electron chi connectivity index (χ1n) is 9.15. The summed E-state index contributed by atoms with van der Waals surface area (Å²) in [7, 11) is 0. The fourth-order valence-corrected chi connectivity index (χ4v) is 4.48.